The van der Waals surface area contributed by atoms with Crippen LogP contribution in [0.3, 0.4) is 0 Å². The van der Waals surface area contributed by atoms with Crippen LogP contribution >= 0.6 is 0 Å². The highest BCUT2D eigenvalue weighted by molar-refractivity contribution is 5.95. The molecule has 0 aromatic heterocycles. The maximum absolute atomic E-state index is 12.5. The van der Waals surface area contributed by atoms with Crippen LogP contribution in [-0.2, 0) is 14.3 Å². The highest BCUT2D eigenvalue weighted by atomic mass is 16.5. The Morgan fingerprint density at radius 1 is 1.09 bits per heavy atom. The molecule has 0 radical (unpaired) electrons. The molecule has 1 aliphatic carbocycles. The quantitative estimate of drug-likeness (QED) is 0.678. The lowest BCUT2D eigenvalue weighted by atomic mass is 9.98. The number of carbonyl (C=O) groups is 3. The highest BCUT2D eigenvalue weighted by Gasteiger charge is 2.34. The number of fused-ring (bicyclic) bond motifs is 3. The van der Waals surface area contributed by atoms with Gasteiger partial charge in [0.2, 0.25) is 5.91 Å². The van der Waals surface area contributed by atoms with Crippen LogP contribution in [0.2, 0.25) is 0 Å². The highest BCUT2D eigenvalue weighted by Crippen LogP contribution is 2.44. The number of alkyl carbamates (subject to hydrolysis) is 1. The Morgan fingerprint density at radius 2 is 1.72 bits per heavy atom. The van der Waals surface area contributed by atoms with Crippen LogP contribution in [0.5, 0.6) is 0 Å². The minimum atomic E-state index is -0.986. The van der Waals surface area contributed by atoms with Gasteiger partial charge in [-0.1, -0.05) is 54.6 Å². The smallest absolute Gasteiger partial charge is 0.407 e. The number of aliphatic carboxylic acids is 1. The molecule has 7 heteroatoms. The van der Waals surface area contributed by atoms with Gasteiger partial charge in [0, 0.05) is 24.6 Å². The van der Waals surface area contributed by atoms with E-state index in [-0.39, 0.29) is 25.0 Å². The summed E-state index contributed by atoms with van der Waals surface area (Å²) < 4.78 is 5.48. The molecule has 2 N–H and O–H groups in total. The van der Waals surface area contributed by atoms with Crippen molar-refractivity contribution in [2.75, 3.05) is 19.7 Å². The van der Waals surface area contributed by atoms with Gasteiger partial charge in [-0.25, -0.2) is 9.59 Å². The average Bonchev–Trinajstić information content (AvgIpc) is 3.41. The Morgan fingerprint density at radius 3 is 2.34 bits per heavy atom. The monoisotopic (exact) mass is 434 g/mol. The van der Waals surface area contributed by atoms with Crippen molar-refractivity contribution in [2.24, 2.45) is 0 Å². The Hall–Kier alpha value is -3.61. The van der Waals surface area contributed by atoms with Crippen molar-refractivity contribution >= 4 is 18.0 Å². The van der Waals surface area contributed by atoms with E-state index in [0.29, 0.717) is 25.0 Å². The van der Waals surface area contributed by atoms with Crippen LogP contribution in [0, 0.1) is 0 Å². The molecule has 4 rings (SSSR count). The molecule has 0 saturated carbocycles. The van der Waals surface area contributed by atoms with Crippen molar-refractivity contribution in [1.29, 1.82) is 0 Å². The van der Waals surface area contributed by atoms with Gasteiger partial charge in [-0.15, -0.1) is 0 Å². The molecule has 2 aromatic rings. The third-order valence-corrected chi connectivity index (χ3v) is 6.13. The van der Waals surface area contributed by atoms with Gasteiger partial charge >= 0.3 is 12.1 Å². The maximum Gasteiger partial charge on any atom is 0.407 e. The second kappa shape index (κ2) is 9.26. The fraction of sp³-hybridized carbons (Fsp3) is 0.320. The van der Waals surface area contributed by atoms with Crippen LogP contribution in [0.4, 0.5) is 4.79 Å². The maximum atomic E-state index is 12.5. The molecule has 1 saturated heterocycles. The van der Waals surface area contributed by atoms with Crippen LogP contribution < -0.4 is 5.32 Å². The predicted octanol–water partition coefficient (Wildman–Crippen LogP) is 3.55. The molecule has 1 unspecified atom stereocenters. The zero-order valence-corrected chi connectivity index (χ0v) is 17.9. The molecule has 7 nitrogen and oxygen atoms in total. The summed E-state index contributed by atoms with van der Waals surface area (Å²) in [5, 5.41) is 11.9. The molecule has 2 aliphatic rings. The third kappa shape index (κ3) is 4.23. The number of amides is 2. The van der Waals surface area contributed by atoms with Gasteiger partial charge in [-0.2, -0.15) is 0 Å². The van der Waals surface area contributed by atoms with Crippen LogP contribution in [-0.4, -0.2) is 53.7 Å². The zero-order valence-electron chi connectivity index (χ0n) is 17.9. The standard InChI is InChI=1S/C25H26N2O5/c1-16(23(28)27-14-6-11-22(27)24(29)30)12-13-26-25(31)32-15-21-19-9-4-2-7-17(19)18-8-3-5-10-20(18)21/h2-5,7-10,12,21-22H,6,11,13-15H2,1H3,(H,26,31)(H,29,30)/b16-12+. The lowest BCUT2D eigenvalue weighted by molar-refractivity contribution is -0.146. The molecule has 166 valence electrons. The number of hydrogen-bond donors (Lipinski definition) is 2. The Balaban J connectivity index is 1.31. The van der Waals surface area contributed by atoms with Gasteiger partial charge < -0.3 is 20.1 Å². The number of hydrogen-bond acceptors (Lipinski definition) is 4. The minimum Gasteiger partial charge on any atom is -0.480 e. The van der Waals surface area contributed by atoms with Crippen LogP contribution in [0.15, 0.2) is 60.2 Å². The molecule has 32 heavy (non-hydrogen) atoms. The van der Waals surface area contributed by atoms with Crippen molar-refractivity contribution in [1.82, 2.24) is 10.2 Å². The molecular formula is C25H26N2O5. The first kappa shape index (κ1) is 21.6. The topological polar surface area (TPSA) is 95.9 Å². The summed E-state index contributed by atoms with van der Waals surface area (Å²) in [5.41, 5.74) is 5.01. The average molecular weight is 434 g/mol. The lowest BCUT2D eigenvalue weighted by Gasteiger charge is -2.21. The molecule has 0 spiro atoms. The molecule has 1 heterocycles. The van der Waals surface area contributed by atoms with Crippen molar-refractivity contribution < 1.29 is 24.2 Å². The summed E-state index contributed by atoms with van der Waals surface area (Å²) in [6.45, 7) is 2.40. The molecule has 1 fully saturated rings. The van der Waals surface area contributed by atoms with Gasteiger partial charge in [0.15, 0.2) is 0 Å². The number of nitrogens with one attached hydrogen (secondary N) is 1. The van der Waals surface area contributed by atoms with E-state index in [9.17, 15) is 19.5 Å². The van der Waals surface area contributed by atoms with Gasteiger partial charge in [0.25, 0.3) is 0 Å². The van der Waals surface area contributed by atoms with E-state index < -0.39 is 18.1 Å². The van der Waals surface area contributed by atoms with Crippen molar-refractivity contribution in [3.05, 3.63) is 71.3 Å². The predicted molar refractivity (Wildman–Crippen MR) is 119 cm³/mol. The van der Waals surface area contributed by atoms with E-state index >= 15 is 0 Å². The molecule has 2 aromatic carbocycles. The summed E-state index contributed by atoms with van der Waals surface area (Å²) in [4.78, 5) is 37.4. The van der Waals surface area contributed by atoms with Crippen LogP contribution in [0.1, 0.15) is 36.8 Å². The fourth-order valence-corrected chi connectivity index (χ4v) is 4.52. The summed E-state index contributed by atoms with van der Waals surface area (Å²) in [6.07, 6.45) is 2.16. The number of rotatable bonds is 6. The fourth-order valence-electron chi connectivity index (χ4n) is 4.52. The lowest BCUT2D eigenvalue weighted by Crippen LogP contribution is -2.41. The molecule has 1 atom stereocenters. The zero-order chi connectivity index (χ0) is 22.7. The van der Waals surface area contributed by atoms with Gasteiger partial charge in [-0.3, -0.25) is 4.79 Å². The van der Waals surface area contributed by atoms with Crippen molar-refractivity contribution in [2.45, 2.75) is 31.7 Å². The molecule has 0 bridgehead atoms. The largest absolute Gasteiger partial charge is 0.480 e. The number of nitrogens with zero attached hydrogens (tertiary/aromatic N) is 1. The number of carbonyl (C=O) groups excluding carboxylic acids is 2. The van der Waals surface area contributed by atoms with Gasteiger partial charge in [0.05, 0.1) is 0 Å². The second-order valence-electron chi connectivity index (χ2n) is 8.09. The summed E-state index contributed by atoms with van der Waals surface area (Å²) in [6, 6.07) is 15.5. The summed E-state index contributed by atoms with van der Waals surface area (Å²) in [5.74, 6) is -1.32. The van der Waals surface area contributed by atoms with E-state index in [4.69, 9.17) is 4.74 Å². The number of carboxylic acids is 1. The second-order valence-corrected chi connectivity index (χ2v) is 8.09. The van der Waals surface area contributed by atoms with E-state index in [1.54, 1.807) is 13.0 Å². The van der Waals surface area contributed by atoms with E-state index in [0.717, 1.165) is 22.3 Å². The van der Waals surface area contributed by atoms with Crippen molar-refractivity contribution in [3.8, 4) is 11.1 Å². The van der Waals surface area contributed by atoms with Crippen molar-refractivity contribution in [3.63, 3.8) is 0 Å². The van der Waals surface area contributed by atoms with Crippen LogP contribution in [0.25, 0.3) is 11.1 Å². The molecule has 1 aliphatic heterocycles. The minimum absolute atomic E-state index is 0.0184. The Labute approximate surface area is 186 Å². The van der Waals surface area contributed by atoms with Gasteiger partial charge in [0.1, 0.15) is 12.6 Å². The third-order valence-electron chi connectivity index (χ3n) is 6.13. The summed E-state index contributed by atoms with van der Waals surface area (Å²) >= 11 is 0. The van der Waals surface area contributed by atoms with E-state index in [2.05, 4.69) is 29.6 Å². The van der Waals surface area contributed by atoms with E-state index in [1.165, 1.54) is 4.90 Å². The first-order valence-corrected chi connectivity index (χ1v) is 10.8. The van der Waals surface area contributed by atoms with Gasteiger partial charge in [-0.05, 0) is 42.0 Å². The molecular weight excluding hydrogens is 408 g/mol. The van der Waals surface area contributed by atoms with E-state index in [1.807, 2.05) is 24.3 Å². The number of benzene rings is 2. The Bertz CT molecular complexity index is 1030. The first-order valence-electron chi connectivity index (χ1n) is 10.8. The molecule has 2 amide bonds. The SMILES string of the molecule is C/C(=C\CNC(=O)OCC1c2ccccc2-c2ccccc21)C(=O)N1CCCC1C(=O)O. The normalized spacial score (nSPS) is 17.6. The number of likely N-dealkylation sites (tertiary alicyclic amines) is 1. The number of ether oxygens (including phenoxy) is 1. The summed E-state index contributed by atoms with van der Waals surface area (Å²) in [7, 11) is 0. The Kier molecular flexibility index (Phi) is 6.25. The first-order chi connectivity index (χ1) is 15.5. The number of carboxylic acid groups (broad SMARTS) is 1.